The maximum atomic E-state index is 13.6. The molecule has 3 heterocycles. The highest BCUT2D eigenvalue weighted by Crippen LogP contribution is 2.38. The lowest BCUT2D eigenvalue weighted by Crippen LogP contribution is -2.39. The average Bonchev–Trinajstić information content (AvgIpc) is 3.42. The molecule has 180 valence electrons. The van der Waals surface area contributed by atoms with Crippen LogP contribution in [0.5, 0.6) is 17.2 Å². The number of thiazole rings is 1. The third-order valence-corrected chi connectivity index (χ3v) is 7.05. The minimum absolute atomic E-state index is 0.0945. The second-order valence-corrected chi connectivity index (χ2v) is 9.40. The number of fused-ring (bicyclic) bond motifs is 2. The molecule has 1 atom stereocenters. The molecule has 0 saturated heterocycles. The first kappa shape index (κ1) is 23.2. The van der Waals surface area contributed by atoms with Gasteiger partial charge in [-0.05, 0) is 61.7 Å². The molecule has 2 aromatic carbocycles. The largest absolute Gasteiger partial charge is 0.508 e. The number of halogens is 1. The van der Waals surface area contributed by atoms with Crippen LogP contribution in [0.25, 0.3) is 6.08 Å². The van der Waals surface area contributed by atoms with Gasteiger partial charge in [0.15, 0.2) is 16.3 Å². The summed E-state index contributed by atoms with van der Waals surface area (Å²) in [7, 11) is 0. The van der Waals surface area contributed by atoms with Crippen molar-refractivity contribution in [3.8, 4) is 17.2 Å². The Labute approximate surface area is 209 Å². The molecule has 1 unspecified atom stereocenters. The molecule has 2 aliphatic heterocycles. The van der Waals surface area contributed by atoms with Crippen molar-refractivity contribution in [1.29, 1.82) is 0 Å². The fraction of sp³-hybridized carbons (Fsp3) is 0.240. The lowest BCUT2D eigenvalue weighted by molar-refractivity contribution is -0.139. The molecule has 0 bridgehead atoms. The number of carbonyl (C=O) groups excluding carboxylic acids is 1. The van der Waals surface area contributed by atoms with E-state index in [1.807, 2.05) is 0 Å². The predicted molar refractivity (Wildman–Crippen MR) is 131 cm³/mol. The summed E-state index contributed by atoms with van der Waals surface area (Å²) in [4.78, 5) is 31.6. The van der Waals surface area contributed by atoms with Crippen LogP contribution in [0, 0.1) is 0 Å². The molecule has 1 aromatic heterocycles. The van der Waals surface area contributed by atoms with Gasteiger partial charge in [-0.15, -0.1) is 0 Å². The number of nitrogens with zero attached hydrogens (tertiary/aromatic N) is 2. The summed E-state index contributed by atoms with van der Waals surface area (Å²) >= 11 is 7.27. The Kier molecular flexibility index (Phi) is 6.12. The molecule has 0 spiro atoms. The standard InChI is InChI=1S/C25H21ClN2O6S/c1-3-32-24(31)21-13(2)27-25-28(22(21)15-4-8-18-19(11-15)34-12-33-18)23(30)20(35-25)9-5-14-10-16(26)6-7-17(14)29/h4,6-11,22,29H,3,5,12H2,1-2H3. The molecule has 0 saturated carbocycles. The lowest BCUT2D eigenvalue weighted by atomic mass is 9.95. The number of benzene rings is 2. The first-order valence-corrected chi connectivity index (χ1v) is 12.1. The fourth-order valence-corrected chi connectivity index (χ4v) is 5.36. The van der Waals surface area contributed by atoms with E-state index in [9.17, 15) is 14.7 Å². The van der Waals surface area contributed by atoms with Crippen LogP contribution in [0.2, 0.25) is 5.02 Å². The van der Waals surface area contributed by atoms with Crippen LogP contribution in [-0.4, -0.2) is 29.0 Å². The van der Waals surface area contributed by atoms with Gasteiger partial charge in [-0.25, -0.2) is 9.79 Å². The van der Waals surface area contributed by atoms with Crippen LogP contribution >= 0.6 is 22.9 Å². The fourth-order valence-electron chi connectivity index (χ4n) is 4.15. The van der Waals surface area contributed by atoms with E-state index in [4.69, 9.17) is 25.8 Å². The number of hydrogen-bond acceptors (Lipinski definition) is 8. The van der Waals surface area contributed by atoms with E-state index in [0.717, 1.165) is 0 Å². The van der Waals surface area contributed by atoms with Crippen molar-refractivity contribution in [2.45, 2.75) is 26.3 Å². The summed E-state index contributed by atoms with van der Waals surface area (Å²) in [5.74, 6) is 0.700. The Bertz CT molecular complexity index is 1550. The number of rotatable bonds is 5. The van der Waals surface area contributed by atoms with E-state index in [1.165, 1.54) is 22.0 Å². The summed E-state index contributed by atoms with van der Waals surface area (Å²) in [6.45, 7) is 3.76. The van der Waals surface area contributed by atoms with Crippen LogP contribution in [0.3, 0.4) is 0 Å². The van der Waals surface area contributed by atoms with Crippen LogP contribution in [0.4, 0.5) is 0 Å². The number of aromatic hydroxyl groups is 1. The maximum absolute atomic E-state index is 13.6. The van der Waals surface area contributed by atoms with Crippen LogP contribution < -0.4 is 24.4 Å². The number of phenols is 1. The highest BCUT2D eigenvalue weighted by atomic mass is 35.5. The normalized spacial score (nSPS) is 16.8. The van der Waals surface area contributed by atoms with Gasteiger partial charge in [-0.2, -0.15) is 0 Å². The lowest BCUT2D eigenvalue weighted by Gasteiger charge is -2.24. The molecular weight excluding hydrogens is 492 g/mol. The summed E-state index contributed by atoms with van der Waals surface area (Å²) in [6.07, 6.45) is 2.03. The number of esters is 1. The summed E-state index contributed by atoms with van der Waals surface area (Å²) in [6, 6.07) is 9.35. The van der Waals surface area contributed by atoms with Crippen molar-refractivity contribution in [2.75, 3.05) is 13.4 Å². The number of carbonyl (C=O) groups is 1. The molecule has 2 aliphatic rings. The molecule has 5 rings (SSSR count). The van der Waals surface area contributed by atoms with Crippen molar-refractivity contribution >= 4 is 35.0 Å². The topological polar surface area (TPSA) is 99.4 Å². The number of allylic oxidation sites excluding steroid dienone is 1. The molecule has 3 aromatic rings. The highest BCUT2D eigenvalue weighted by Gasteiger charge is 2.34. The van der Waals surface area contributed by atoms with Gasteiger partial charge in [0.2, 0.25) is 6.79 Å². The van der Waals surface area contributed by atoms with E-state index in [-0.39, 0.29) is 30.3 Å². The van der Waals surface area contributed by atoms with Crippen molar-refractivity contribution in [2.24, 2.45) is 4.99 Å². The van der Waals surface area contributed by atoms with Gasteiger partial charge in [0.25, 0.3) is 5.56 Å². The van der Waals surface area contributed by atoms with Gasteiger partial charge in [-0.3, -0.25) is 9.36 Å². The Morgan fingerprint density at radius 1 is 1.29 bits per heavy atom. The Morgan fingerprint density at radius 2 is 2.09 bits per heavy atom. The summed E-state index contributed by atoms with van der Waals surface area (Å²) < 4.78 is 18.2. The van der Waals surface area contributed by atoms with E-state index < -0.39 is 12.0 Å². The van der Waals surface area contributed by atoms with Gasteiger partial charge < -0.3 is 19.3 Å². The van der Waals surface area contributed by atoms with Crippen molar-refractivity contribution in [1.82, 2.24) is 4.57 Å². The van der Waals surface area contributed by atoms with Gasteiger partial charge in [-0.1, -0.05) is 35.1 Å². The second kappa shape index (κ2) is 9.24. The maximum Gasteiger partial charge on any atom is 0.338 e. The van der Waals surface area contributed by atoms with Crippen molar-refractivity contribution < 1.29 is 24.1 Å². The van der Waals surface area contributed by atoms with E-state index >= 15 is 0 Å². The molecule has 0 amide bonds. The average molecular weight is 513 g/mol. The molecule has 8 nitrogen and oxygen atoms in total. The SMILES string of the molecule is CCOC(=O)C1=C(C)N=c2sc(=CCc3cc(Cl)ccc3O)c(=O)n2C1c1ccc2c(c1)OCO2. The zero-order valence-electron chi connectivity index (χ0n) is 18.9. The quantitative estimate of drug-likeness (QED) is 0.527. The van der Waals surface area contributed by atoms with Crippen LogP contribution in [0.1, 0.15) is 31.0 Å². The van der Waals surface area contributed by atoms with E-state index in [1.54, 1.807) is 50.3 Å². The zero-order valence-corrected chi connectivity index (χ0v) is 20.5. The first-order chi connectivity index (χ1) is 16.9. The summed E-state index contributed by atoms with van der Waals surface area (Å²) in [5.41, 5.74) is 1.74. The second-order valence-electron chi connectivity index (χ2n) is 7.95. The molecular formula is C25H21ClN2O6S. The molecule has 0 fully saturated rings. The minimum Gasteiger partial charge on any atom is -0.508 e. The third-order valence-electron chi connectivity index (χ3n) is 5.78. The molecule has 0 aliphatic carbocycles. The molecule has 0 radical (unpaired) electrons. The number of hydrogen-bond donors (Lipinski definition) is 1. The highest BCUT2D eigenvalue weighted by molar-refractivity contribution is 7.07. The van der Waals surface area contributed by atoms with Crippen molar-refractivity contribution in [3.05, 3.63) is 83.5 Å². The van der Waals surface area contributed by atoms with Crippen LogP contribution in [-0.2, 0) is 16.0 Å². The van der Waals surface area contributed by atoms with Gasteiger partial charge in [0.1, 0.15) is 5.75 Å². The number of ether oxygens (including phenoxy) is 3. The monoisotopic (exact) mass is 512 g/mol. The smallest absolute Gasteiger partial charge is 0.338 e. The number of phenolic OH excluding ortho intramolecular Hbond substituents is 1. The van der Waals surface area contributed by atoms with Gasteiger partial charge in [0, 0.05) is 5.02 Å². The van der Waals surface area contributed by atoms with E-state index in [0.29, 0.717) is 49.1 Å². The van der Waals surface area contributed by atoms with E-state index in [2.05, 4.69) is 4.99 Å². The first-order valence-electron chi connectivity index (χ1n) is 10.9. The Morgan fingerprint density at radius 3 is 2.89 bits per heavy atom. The van der Waals surface area contributed by atoms with Crippen molar-refractivity contribution in [3.63, 3.8) is 0 Å². The van der Waals surface area contributed by atoms with Gasteiger partial charge in [0.05, 0.1) is 28.5 Å². The Hall–Kier alpha value is -3.56. The third kappa shape index (κ3) is 4.21. The summed E-state index contributed by atoms with van der Waals surface area (Å²) in [5, 5.41) is 10.6. The van der Waals surface area contributed by atoms with Gasteiger partial charge >= 0.3 is 5.97 Å². The number of aromatic nitrogens is 1. The molecule has 35 heavy (non-hydrogen) atoms. The molecule has 1 N–H and O–H groups in total. The predicted octanol–water partition coefficient (Wildman–Crippen LogP) is 3.08. The molecule has 10 heteroatoms. The minimum atomic E-state index is -0.749. The van der Waals surface area contributed by atoms with Crippen LogP contribution in [0.15, 0.2) is 57.5 Å². The zero-order chi connectivity index (χ0) is 24.7. The Balaban J connectivity index is 1.66.